The van der Waals surface area contributed by atoms with Gasteiger partial charge in [-0.2, -0.15) is 0 Å². The Bertz CT molecular complexity index is 919. The number of rotatable bonds is 9. The number of fused-ring (bicyclic) bond motifs is 1. The molecule has 3 aromatic rings. The molecule has 0 spiro atoms. The van der Waals surface area contributed by atoms with E-state index in [0.717, 1.165) is 18.2 Å². The number of carbonyl (C=O) groups is 1. The van der Waals surface area contributed by atoms with E-state index in [2.05, 4.69) is 6.92 Å². The van der Waals surface area contributed by atoms with E-state index in [1.165, 1.54) is 19.3 Å². The van der Waals surface area contributed by atoms with Gasteiger partial charge >= 0.3 is 5.97 Å². The number of unbranched alkanes of at least 4 members (excludes halogenated alkanes) is 4. The third-order valence-corrected chi connectivity index (χ3v) is 4.66. The molecule has 0 aliphatic rings. The van der Waals surface area contributed by atoms with Gasteiger partial charge in [-0.1, -0.05) is 75.1 Å². The molecule has 0 saturated carbocycles. The summed E-state index contributed by atoms with van der Waals surface area (Å²) in [5.41, 5.74) is 0.100. The zero-order valence-electron chi connectivity index (χ0n) is 16.2. The van der Waals surface area contributed by atoms with Crippen LogP contribution in [0.25, 0.3) is 10.8 Å². The Morgan fingerprint density at radius 2 is 1.57 bits per heavy atom. The number of esters is 1. The molecule has 0 heterocycles. The van der Waals surface area contributed by atoms with Crippen molar-refractivity contribution in [2.75, 3.05) is 6.61 Å². The summed E-state index contributed by atoms with van der Waals surface area (Å²) in [4.78, 5) is 12.6. The maximum Gasteiger partial charge on any atom is 0.347 e. The topological polar surface area (TPSA) is 55.8 Å². The standard InChI is InChI=1S/C24H26O4/c1-2-3-4-5-11-16-27-22-17-21(23(25)20-15-10-9-14-19(20)22)24(26)28-18-12-7-6-8-13-18/h6-10,12-15,17,25H,2-5,11,16H2,1H3. The second-order valence-corrected chi connectivity index (χ2v) is 6.78. The summed E-state index contributed by atoms with van der Waals surface area (Å²) in [6.45, 7) is 2.76. The largest absolute Gasteiger partial charge is 0.506 e. The summed E-state index contributed by atoms with van der Waals surface area (Å²) in [6, 6.07) is 17.8. The maximum atomic E-state index is 12.6. The molecule has 0 bridgehead atoms. The van der Waals surface area contributed by atoms with Crippen LogP contribution in [-0.2, 0) is 0 Å². The van der Waals surface area contributed by atoms with Gasteiger partial charge in [-0.15, -0.1) is 0 Å². The van der Waals surface area contributed by atoms with E-state index < -0.39 is 5.97 Å². The number of aromatic hydroxyl groups is 1. The summed E-state index contributed by atoms with van der Waals surface area (Å²) >= 11 is 0. The molecule has 4 heteroatoms. The van der Waals surface area contributed by atoms with Crippen LogP contribution >= 0.6 is 0 Å². The van der Waals surface area contributed by atoms with Crippen molar-refractivity contribution in [1.82, 2.24) is 0 Å². The Hall–Kier alpha value is -3.01. The van der Waals surface area contributed by atoms with Crippen LogP contribution in [0.4, 0.5) is 0 Å². The number of phenolic OH excluding ortho intramolecular Hbond substituents is 1. The quantitative estimate of drug-likeness (QED) is 0.277. The fourth-order valence-electron chi connectivity index (χ4n) is 3.14. The van der Waals surface area contributed by atoms with Crippen LogP contribution < -0.4 is 9.47 Å². The number of carbonyl (C=O) groups excluding carboxylic acids is 1. The van der Waals surface area contributed by atoms with Gasteiger partial charge in [-0.25, -0.2) is 4.79 Å². The van der Waals surface area contributed by atoms with Crippen molar-refractivity contribution in [3.63, 3.8) is 0 Å². The molecule has 0 unspecified atom stereocenters. The van der Waals surface area contributed by atoms with Gasteiger partial charge in [-0.05, 0) is 24.6 Å². The van der Waals surface area contributed by atoms with Crippen LogP contribution in [0, 0.1) is 0 Å². The number of benzene rings is 3. The smallest absolute Gasteiger partial charge is 0.347 e. The number of hydrogen-bond donors (Lipinski definition) is 1. The van der Waals surface area contributed by atoms with Gasteiger partial charge in [0.2, 0.25) is 0 Å². The molecule has 0 aliphatic carbocycles. The number of para-hydroxylation sites is 1. The van der Waals surface area contributed by atoms with Crippen molar-refractivity contribution >= 4 is 16.7 Å². The van der Waals surface area contributed by atoms with E-state index in [4.69, 9.17) is 9.47 Å². The Kier molecular flexibility index (Phi) is 6.90. The highest BCUT2D eigenvalue weighted by Gasteiger charge is 2.19. The molecule has 1 N–H and O–H groups in total. The SMILES string of the molecule is CCCCCCCOc1cc(C(=O)Oc2ccccc2)c(O)c2ccccc12. The van der Waals surface area contributed by atoms with Crippen LogP contribution in [0.3, 0.4) is 0 Å². The zero-order valence-corrected chi connectivity index (χ0v) is 16.2. The predicted octanol–water partition coefficient (Wildman–Crippen LogP) is 6.11. The van der Waals surface area contributed by atoms with Crippen molar-refractivity contribution in [3.8, 4) is 17.2 Å². The first-order valence-electron chi connectivity index (χ1n) is 9.85. The molecule has 4 nitrogen and oxygen atoms in total. The number of phenols is 1. The third kappa shape index (κ3) is 4.83. The Morgan fingerprint density at radius 3 is 2.32 bits per heavy atom. The summed E-state index contributed by atoms with van der Waals surface area (Å²) in [7, 11) is 0. The highest BCUT2D eigenvalue weighted by atomic mass is 16.5. The lowest BCUT2D eigenvalue weighted by Crippen LogP contribution is -2.10. The maximum absolute atomic E-state index is 12.6. The molecule has 28 heavy (non-hydrogen) atoms. The van der Waals surface area contributed by atoms with Crippen molar-refractivity contribution in [1.29, 1.82) is 0 Å². The van der Waals surface area contributed by atoms with Crippen LogP contribution in [0.5, 0.6) is 17.2 Å². The van der Waals surface area contributed by atoms with Crippen LogP contribution in [0.15, 0.2) is 60.7 Å². The molecule has 0 aliphatic heterocycles. The predicted molar refractivity (Wildman–Crippen MR) is 111 cm³/mol. The van der Waals surface area contributed by atoms with Gasteiger partial charge in [0.1, 0.15) is 22.8 Å². The van der Waals surface area contributed by atoms with Gasteiger partial charge in [0, 0.05) is 10.8 Å². The minimum Gasteiger partial charge on any atom is -0.506 e. The van der Waals surface area contributed by atoms with Crippen molar-refractivity contribution in [3.05, 3.63) is 66.2 Å². The van der Waals surface area contributed by atoms with Crippen molar-refractivity contribution < 1.29 is 19.4 Å². The molecule has 146 valence electrons. The first-order chi connectivity index (χ1) is 13.7. The lowest BCUT2D eigenvalue weighted by Gasteiger charge is -2.14. The summed E-state index contributed by atoms with van der Waals surface area (Å²) in [6.07, 6.45) is 5.71. The Balaban J connectivity index is 1.82. The Labute approximate surface area is 165 Å². The van der Waals surface area contributed by atoms with E-state index in [0.29, 0.717) is 23.5 Å². The molecular weight excluding hydrogens is 352 g/mol. The molecule has 0 fully saturated rings. The molecule has 3 aromatic carbocycles. The van der Waals surface area contributed by atoms with Crippen LogP contribution in [0.1, 0.15) is 49.4 Å². The molecule has 0 saturated heterocycles. The van der Waals surface area contributed by atoms with Crippen molar-refractivity contribution in [2.45, 2.75) is 39.0 Å². The second-order valence-electron chi connectivity index (χ2n) is 6.78. The lowest BCUT2D eigenvalue weighted by atomic mass is 10.0. The minimum absolute atomic E-state index is 0.0909. The van der Waals surface area contributed by atoms with E-state index >= 15 is 0 Å². The lowest BCUT2D eigenvalue weighted by molar-refractivity contribution is 0.0731. The Morgan fingerprint density at radius 1 is 0.893 bits per heavy atom. The van der Waals surface area contributed by atoms with Gasteiger partial charge in [0.15, 0.2) is 0 Å². The molecule has 0 aromatic heterocycles. The van der Waals surface area contributed by atoms with Gasteiger partial charge < -0.3 is 14.6 Å². The average Bonchev–Trinajstić information content (AvgIpc) is 2.73. The average molecular weight is 378 g/mol. The van der Waals surface area contributed by atoms with Gasteiger partial charge in [0.05, 0.1) is 6.61 Å². The monoisotopic (exact) mass is 378 g/mol. The summed E-state index contributed by atoms with van der Waals surface area (Å²) < 4.78 is 11.4. The minimum atomic E-state index is -0.609. The molecule has 3 rings (SSSR count). The third-order valence-electron chi connectivity index (χ3n) is 4.66. The first-order valence-corrected chi connectivity index (χ1v) is 9.85. The van der Waals surface area contributed by atoms with Crippen LogP contribution in [-0.4, -0.2) is 17.7 Å². The zero-order chi connectivity index (χ0) is 19.8. The van der Waals surface area contributed by atoms with E-state index in [-0.39, 0.29) is 11.3 Å². The van der Waals surface area contributed by atoms with E-state index in [1.807, 2.05) is 24.3 Å². The molecule has 0 atom stereocenters. The van der Waals surface area contributed by atoms with Gasteiger partial charge in [0.25, 0.3) is 0 Å². The highest BCUT2D eigenvalue weighted by Crippen LogP contribution is 2.36. The second kappa shape index (κ2) is 9.79. The summed E-state index contributed by atoms with van der Waals surface area (Å²) in [5, 5.41) is 12.0. The fraction of sp³-hybridized carbons (Fsp3) is 0.292. The highest BCUT2D eigenvalue weighted by molar-refractivity contribution is 6.04. The fourth-order valence-corrected chi connectivity index (χ4v) is 3.14. The van der Waals surface area contributed by atoms with Crippen molar-refractivity contribution in [2.24, 2.45) is 0 Å². The van der Waals surface area contributed by atoms with E-state index in [1.54, 1.807) is 36.4 Å². The van der Waals surface area contributed by atoms with Gasteiger partial charge in [-0.3, -0.25) is 0 Å². The molecule has 0 radical (unpaired) electrons. The molecular formula is C24H26O4. The number of ether oxygens (including phenoxy) is 2. The first kappa shape index (κ1) is 19.7. The van der Waals surface area contributed by atoms with Crippen LogP contribution in [0.2, 0.25) is 0 Å². The van der Waals surface area contributed by atoms with E-state index in [9.17, 15) is 9.90 Å². The molecule has 0 amide bonds. The number of hydrogen-bond acceptors (Lipinski definition) is 4. The normalized spacial score (nSPS) is 10.8. The summed E-state index contributed by atoms with van der Waals surface area (Å²) in [5.74, 6) is 0.316.